The Hall–Kier alpha value is -4.01. The number of hydrogen-bond acceptors (Lipinski definition) is 6. The number of nitrogens with zero attached hydrogens (tertiary/aromatic N) is 6. The first-order valence-electron chi connectivity index (χ1n) is 8.96. The van der Waals surface area contributed by atoms with Crippen molar-refractivity contribution >= 4 is 34.1 Å². The average molecular weight is 388 g/mol. The van der Waals surface area contributed by atoms with Crippen LogP contribution in [0.1, 0.15) is 11.3 Å². The number of anilines is 3. The monoisotopic (exact) mass is 388 g/mol. The largest absolute Gasteiger partial charge is 0.323 e. The molecular weight excluding hydrogens is 368 g/mol. The summed E-state index contributed by atoms with van der Waals surface area (Å²) in [6, 6.07) is 5.67. The van der Waals surface area contributed by atoms with Crippen molar-refractivity contribution in [1.82, 2.24) is 29.3 Å². The van der Waals surface area contributed by atoms with Gasteiger partial charge in [-0.3, -0.25) is 14.0 Å². The van der Waals surface area contributed by atoms with E-state index in [0.29, 0.717) is 17.6 Å². The molecule has 0 spiro atoms. The van der Waals surface area contributed by atoms with Crippen molar-refractivity contribution in [3.63, 3.8) is 0 Å². The van der Waals surface area contributed by atoms with Crippen molar-refractivity contribution in [3.05, 3.63) is 60.8 Å². The van der Waals surface area contributed by atoms with Crippen LogP contribution >= 0.6 is 0 Å². The van der Waals surface area contributed by atoms with Crippen molar-refractivity contribution in [1.29, 1.82) is 0 Å². The third-order valence-corrected chi connectivity index (χ3v) is 4.49. The number of benzene rings is 1. The highest BCUT2D eigenvalue weighted by Crippen LogP contribution is 2.26. The molecule has 9 nitrogen and oxygen atoms in total. The number of carbonyl (C=O) groups is 1. The molecule has 3 aromatic heterocycles. The molecule has 0 aliphatic heterocycles. The Bertz CT molecular complexity index is 1240. The molecule has 0 saturated carbocycles. The highest BCUT2D eigenvalue weighted by atomic mass is 16.1. The SMILES string of the molecule is C=CC(=O)Nc1ccc2c(c1)c(C)cn2-c1ncnc(Nc2cn(C)nc2C)n1. The number of amides is 1. The van der Waals surface area contributed by atoms with Crippen LogP contribution in [0.2, 0.25) is 0 Å². The Morgan fingerprint density at radius 2 is 2.03 bits per heavy atom. The molecule has 0 fully saturated rings. The Kier molecular flexibility index (Phi) is 4.55. The number of aryl methyl sites for hydroxylation is 3. The predicted molar refractivity (Wildman–Crippen MR) is 111 cm³/mol. The van der Waals surface area contributed by atoms with Crippen LogP contribution in [0, 0.1) is 13.8 Å². The zero-order chi connectivity index (χ0) is 20.5. The molecule has 0 aliphatic carbocycles. The summed E-state index contributed by atoms with van der Waals surface area (Å²) in [6.45, 7) is 7.39. The van der Waals surface area contributed by atoms with E-state index in [4.69, 9.17) is 0 Å². The highest BCUT2D eigenvalue weighted by molar-refractivity contribution is 6.00. The van der Waals surface area contributed by atoms with E-state index in [1.54, 1.807) is 4.68 Å². The van der Waals surface area contributed by atoms with E-state index in [1.807, 2.05) is 56.1 Å². The zero-order valence-corrected chi connectivity index (χ0v) is 16.3. The summed E-state index contributed by atoms with van der Waals surface area (Å²) >= 11 is 0. The van der Waals surface area contributed by atoms with E-state index < -0.39 is 0 Å². The van der Waals surface area contributed by atoms with Crippen molar-refractivity contribution in [3.8, 4) is 5.95 Å². The van der Waals surface area contributed by atoms with Gasteiger partial charge in [0.1, 0.15) is 6.33 Å². The molecule has 0 unspecified atom stereocenters. The molecule has 1 amide bonds. The number of nitrogens with one attached hydrogen (secondary N) is 2. The van der Waals surface area contributed by atoms with Gasteiger partial charge in [-0.25, -0.2) is 9.97 Å². The average Bonchev–Trinajstić information content (AvgIpc) is 3.20. The first kappa shape index (κ1) is 18.4. The van der Waals surface area contributed by atoms with Gasteiger partial charge in [0.15, 0.2) is 0 Å². The molecule has 146 valence electrons. The molecular formula is C20H20N8O. The molecule has 9 heteroatoms. The first-order valence-corrected chi connectivity index (χ1v) is 8.96. The van der Waals surface area contributed by atoms with Crippen LogP contribution in [-0.4, -0.2) is 35.2 Å². The fourth-order valence-corrected chi connectivity index (χ4v) is 3.14. The van der Waals surface area contributed by atoms with Crippen LogP contribution in [0.4, 0.5) is 17.3 Å². The molecule has 4 rings (SSSR count). The Morgan fingerprint density at radius 1 is 1.21 bits per heavy atom. The third kappa shape index (κ3) is 3.57. The molecule has 0 saturated heterocycles. The summed E-state index contributed by atoms with van der Waals surface area (Å²) in [5, 5.41) is 11.3. The summed E-state index contributed by atoms with van der Waals surface area (Å²) in [6.07, 6.45) is 6.53. The van der Waals surface area contributed by atoms with Crippen LogP contribution in [0.25, 0.3) is 16.9 Å². The minimum Gasteiger partial charge on any atom is -0.323 e. The fourth-order valence-electron chi connectivity index (χ4n) is 3.14. The predicted octanol–water partition coefficient (Wildman–Crippen LogP) is 3.03. The number of hydrogen-bond donors (Lipinski definition) is 2. The standard InChI is InChI=1S/C20H20N8O/c1-5-18(29)23-14-6-7-17-15(8-14)12(2)9-28(17)20-22-11-21-19(25-20)24-16-10-27(4)26-13(16)3/h5-11H,1H2,2-4H3,(H,23,29)(H,21,22,24,25). The topological polar surface area (TPSA) is 103 Å². The molecule has 3 heterocycles. The van der Waals surface area contributed by atoms with Gasteiger partial charge in [0.2, 0.25) is 17.8 Å². The van der Waals surface area contributed by atoms with Crippen molar-refractivity contribution in [2.24, 2.45) is 7.05 Å². The first-order chi connectivity index (χ1) is 13.9. The van der Waals surface area contributed by atoms with E-state index >= 15 is 0 Å². The minimum atomic E-state index is -0.250. The normalized spacial score (nSPS) is 10.9. The van der Waals surface area contributed by atoms with Crippen LogP contribution in [0.15, 0.2) is 49.6 Å². The highest BCUT2D eigenvalue weighted by Gasteiger charge is 2.12. The number of aromatic nitrogens is 6. The number of rotatable bonds is 5. The van der Waals surface area contributed by atoms with Gasteiger partial charge in [-0.05, 0) is 43.7 Å². The quantitative estimate of drug-likeness (QED) is 0.510. The second-order valence-electron chi connectivity index (χ2n) is 6.64. The Labute approximate surface area is 167 Å². The maximum absolute atomic E-state index is 11.6. The van der Waals surface area contributed by atoms with E-state index in [-0.39, 0.29) is 5.91 Å². The van der Waals surface area contributed by atoms with Crippen molar-refractivity contribution in [2.45, 2.75) is 13.8 Å². The summed E-state index contributed by atoms with van der Waals surface area (Å²) < 4.78 is 3.62. The van der Waals surface area contributed by atoms with Gasteiger partial charge in [0.25, 0.3) is 0 Å². The molecule has 0 bridgehead atoms. The molecule has 0 radical (unpaired) electrons. The maximum atomic E-state index is 11.6. The summed E-state index contributed by atoms with van der Waals surface area (Å²) in [5.41, 5.74) is 4.35. The van der Waals surface area contributed by atoms with Gasteiger partial charge >= 0.3 is 0 Å². The summed E-state index contributed by atoms with van der Waals surface area (Å²) in [4.78, 5) is 24.6. The number of fused-ring (bicyclic) bond motifs is 1. The van der Waals surface area contributed by atoms with Crippen LogP contribution < -0.4 is 10.6 Å². The van der Waals surface area contributed by atoms with Gasteiger partial charge in [-0.1, -0.05) is 6.58 Å². The third-order valence-electron chi connectivity index (χ3n) is 4.49. The minimum absolute atomic E-state index is 0.250. The lowest BCUT2D eigenvalue weighted by molar-refractivity contribution is -0.111. The molecule has 4 aromatic rings. The maximum Gasteiger partial charge on any atom is 0.247 e. The lowest BCUT2D eigenvalue weighted by atomic mass is 10.2. The summed E-state index contributed by atoms with van der Waals surface area (Å²) in [5.74, 6) is 0.672. The second kappa shape index (κ2) is 7.19. The van der Waals surface area contributed by atoms with Gasteiger partial charge < -0.3 is 10.6 Å². The van der Waals surface area contributed by atoms with Crippen molar-refractivity contribution < 1.29 is 4.79 Å². The lowest BCUT2D eigenvalue weighted by Gasteiger charge is -2.07. The zero-order valence-electron chi connectivity index (χ0n) is 16.3. The van der Waals surface area contributed by atoms with E-state index in [0.717, 1.165) is 27.8 Å². The van der Waals surface area contributed by atoms with Crippen LogP contribution in [0.5, 0.6) is 0 Å². The van der Waals surface area contributed by atoms with E-state index in [2.05, 4.69) is 37.3 Å². The Morgan fingerprint density at radius 3 is 2.76 bits per heavy atom. The smallest absolute Gasteiger partial charge is 0.247 e. The Balaban J connectivity index is 1.70. The lowest BCUT2D eigenvalue weighted by Crippen LogP contribution is -2.07. The van der Waals surface area contributed by atoms with Crippen LogP contribution in [-0.2, 0) is 11.8 Å². The van der Waals surface area contributed by atoms with Gasteiger partial charge in [0.05, 0.1) is 16.9 Å². The van der Waals surface area contributed by atoms with Crippen molar-refractivity contribution in [2.75, 3.05) is 10.6 Å². The van der Waals surface area contributed by atoms with Gasteiger partial charge in [0, 0.05) is 30.5 Å². The molecule has 29 heavy (non-hydrogen) atoms. The molecule has 0 atom stereocenters. The van der Waals surface area contributed by atoms with Gasteiger partial charge in [-0.2, -0.15) is 10.1 Å². The second-order valence-corrected chi connectivity index (χ2v) is 6.64. The van der Waals surface area contributed by atoms with Crippen LogP contribution in [0.3, 0.4) is 0 Å². The molecule has 1 aromatic carbocycles. The number of carbonyl (C=O) groups excluding carboxylic acids is 1. The van der Waals surface area contributed by atoms with E-state index in [9.17, 15) is 4.79 Å². The molecule has 0 aliphatic rings. The van der Waals surface area contributed by atoms with E-state index in [1.165, 1.54) is 12.4 Å². The summed E-state index contributed by atoms with van der Waals surface area (Å²) in [7, 11) is 1.86. The molecule has 2 N–H and O–H groups in total. The van der Waals surface area contributed by atoms with Gasteiger partial charge in [-0.15, -0.1) is 0 Å². The fraction of sp³-hybridized carbons (Fsp3) is 0.150.